The molecule has 3 atom stereocenters. The summed E-state index contributed by atoms with van der Waals surface area (Å²) in [5, 5.41) is 9.67. The minimum absolute atomic E-state index is 0.0575. The number of hydrogen-bond donors (Lipinski definition) is 2. The van der Waals surface area contributed by atoms with Gasteiger partial charge in [0.2, 0.25) is 5.89 Å². The van der Waals surface area contributed by atoms with Crippen LogP contribution < -0.4 is 10.6 Å². The molecule has 0 radical (unpaired) electrons. The molecular formula is C24H26FN5O2. The maximum absolute atomic E-state index is 13.9. The van der Waals surface area contributed by atoms with E-state index in [2.05, 4.69) is 49.9 Å². The van der Waals surface area contributed by atoms with Gasteiger partial charge >= 0.3 is 6.03 Å². The molecule has 2 aliphatic rings. The van der Waals surface area contributed by atoms with Gasteiger partial charge in [0.05, 0.1) is 11.1 Å². The second-order valence-electron chi connectivity index (χ2n) is 8.87. The first-order valence-electron chi connectivity index (χ1n) is 10.9. The second kappa shape index (κ2) is 8.35. The molecule has 1 aliphatic heterocycles. The molecule has 166 valence electrons. The largest absolute Gasteiger partial charge is 0.339 e. The number of benzene rings is 2. The van der Waals surface area contributed by atoms with E-state index in [-0.39, 0.29) is 23.1 Å². The molecule has 1 aromatic heterocycles. The molecule has 7 nitrogen and oxygen atoms in total. The monoisotopic (exact) mass is 435 g/mol. The van der Waals surface area contributed by atoms with Crippen LogP contribution >= 0.6 is 0 Å². The number of halogens is 1. The second-order valence-corrected chi connectivity index (χ2v) is 8.87. The Bertz CT molecular complexity index is 1100. The number of fused-ring (bicyclic) bond motifs is 1. The zero-order valence-electron chi connectivity index (χ0n) is 17.9. The third kappa shape index (κ3) is 3.98. The van der Waals surface area contributed by atoms with Gasteiger partial charge in [-0.1, -0.05) is 47.6 Å². The number of nitrogens with zero attached hydrogens (tertiary/aromatic N) is 3. The van der Waals surface area contributed by atoms with Crippen LogP contribution in [0.4, 0.5) is 14.9 Å². The van der Waals surface area contributed by atoms with Gasteiger partial charge in [0, 0.05) is 25.7 Å². The van der Waals surface area contributed by atoms with Gasteiger partial charge in [-0.05, 0) is 43.4 Å². The van der Waals surface area contributed by atoms with Crippen molar-refractivity contribution in [3.8, 4) is 0 Å². The topological polar surface area (TPSA) is 83.3 Å². The number of hydrogen-bond acceptors (Lipinski definition) is 5. The third-order valence-corrected chi connectivity index (χ3v) is 6.61. The number of rotatable bonds is 5. The highest BCUT2D eigenvalue weighted by molar-refractivity contribution is 5.89. The van der Waals surface area contributed by atoms with Crippen LogP contribution in [0.2, 0.25) is 0 Å². The van der Waals surface area contributed by atoms with E-state index in [1.54, 1.807) is 18.2 Å². The predicted molar refractivity (Wildman–Crippen MR) is 117 cm³/mol. The van der Waals surface area contributed by atoms with Crippen molar-refractivity contribution in [3.05, 3.63) is 77.7 Å². The van der Waals surface area contributed by atoms with Crippen molar-refractivity contribution in [1.82, 2.24) is 20.4 Å². The van der Waals surface area contributed by atoms with Gasteiger partial charge in [0.1, 0.15) is 5.82 Å². The van der Waals surface area contributed by atoms with Crippen molar-refractivity contribution >= 4 is 11.7 Å². The van der Waals surface area contributed by atoms with Gasteiger partial charge in [0.25, 0.3) is 0 Å². The molecule has 2 aromatic carbocycles. The zero-order chi connectivity index (χ0) is 22.1. The molecule has 2 N–H and O–H groups in total. The predicted octanol–water partition coefficient (Wildman–Crippen LogP) is 3.87. The number of carbonyl (C=O) groups is 1. The molecule has 8 heteroatoms. The molecule has 0 unspecified atom stereocenters. The summed E-state index contributed by atoms with van der Waals surface area (Å²) in [6.45, 7) is 4.37. The van der Waals surface area contributed by atoms with Crippen LogP contribution in [0.3, 0.4) is 0 Å². The zero-order valence-corrected chi connectivity index (χ0v) is 17.9. The lowest BCUT2D eigenvalue weighted by Crippen LogP contribution is -2.40. The van der Waals surface area contributed by atoms with Crippen molar-refractivity contribution in [3.63, 3.8) is 0 Å². The fourth-order valence-electron chi connectivity index (χ4n) is 5.28. The van der Waals surface area contributed by atoms with E-state index in [4.69, 9.17) is 4.52 Å². The van der Waals surface area contributed by atoms with E-state index < -0.39 is 11.8 Å². The van der Waals surface area contributed by atoms with E-state index >= 15 is 0 Å². The van der Waals surface area contributed by atoms with Crippen molar-refractivity contribution in [2.75, 3.05) is 18.4 Å². The van der Waals surface area contributed by atoms with E-state index in [0.717, 1.165) is 26.1 Å². The highest BCUT2D eigenvalue weighted by Crippen LogP contribution is 2.50. The summed E-state index contributed by atoms with van der Waals surface area (Å²) < 4.78 is 19.5. The fraction of sp³-hybridized carbons (Fsp3) is 0.375. The molecule has 0 spiro atoms. The third-order valence-electron chi connectivity index (χ3n) is 6.61. The first kappa shape index (κ1) is 20.6. The van der Waals surface area contributed by atoms with Gasteiger partial charge in [-0.15, -0.1) is 0 Å². The SMILES string of the molecule is Cc1noc([C@]23C[C@H](NC(=O)Nc4ccccc4F)C[C@H]2CN(Cc2ccccc2)C3)n1. The van der Waals surface area contributed by atoms with Crippen molar-refractivity contribution in [2.45, 2.75) is 37.8 Å². The number of nitrogens with one attached hydrogen (secondary N) is 2. The van der Waals surface area contributed by atoms with E-state index in [9.17, 15) is 9.18 Å². The maximum atomic E-state index is 13.9. The van der Waals surface area contributed by atoms with Crippen LogP contribution in [0.15, 0.2) is 59.1 Å². The summed E-state index contributed by atoms with van der Waals surface area (Å²) in [6.07, 6.45) is 1.51. The summed E-state index contributed by atoms with van der Waals surface area (Å²) in [5.74, 6) is 1.09. The first-order chi connectivity index (χ1) is 15.5. The van der Waals surface area contributed by atoms with Crippen LogP contribution in [-0.4, -0.2) is 40.2 Å². The van der Waals surface area contributed by atoms with Gasteiger partial charge in [-0.3, -0.25) is 4.90 Å². The number of aromatic nitrogens is 2. The fourth-order valence-corrected chi connectivity index (χ4v) is 5.28. The van der Waals surface area contributed by atoms with Crippen molar-refractivity contribution < 1.29 is 13.7 Å². The molecule has 1 aliphatic carbocycles. The lowest BCUT2D eigenvalue weighted by Gasteiger charge is -2.25. The van der Waals surface area contributed by atoms with Gasteiger partial charge < -0.3 is 15.2 Å². The van der Waals surface area contributed by atoms with Crippen LogP contribution in [0.1, 0.15) is 30.1 Å². The number of aryl methyl sites for hydroxylation is 1. The maximum Gasteiger partial charge on any atom is 0.319 e. The minimum Gasteiger partial charge on any atom is -0.339 e. The number of amides is 2. The van der Waals surface area contributed by atoms with E-state index in [0.29, 0.717) is 18.1 Å². The average molecular weight is 436 g/mol. The molecule has 2 amide bonds. The molecule has 2 heterocycles. The summed E-state index contributed by atoms with van der Waals surface area (Å²) in [4.78, 5) is 19.5. The Morgan fingerprint density at radius 2 is 2.00 bits per heavy atom. The summed E-state index contributed by atoms with van der Waals surface area (Å²) in [5.41, 5.74) is 1.13. The molecular weight excluding hydrogens is 409 g/mol. The minimum atomic E-state index is -0.458. The lowest BCUT2D eigenvalue weighted by molar-refractivity contribution is 0.233. The Labute approximate surface area is 186 Å². The average Bonchev–Trinajstić information content (AvgIpc) is 3.43. The molecule has 2 fully saturated rings. The number of para-hydroxylation sites is 1. The number of anilines is 1. The van der Waals surface area contributed by atoms with Gasteiger partial charge in [-0.2, -0.15) is 4.98 Å². The van der Waals surface area contributed by atoms with Crippen LogP contribution in [0, 0.1) is 18.7 Å². The Balaban J connectivity index is 1.30. The molecule has 0 bridgehead atoms. The summed E-state index contributed by atoms with van der Waals surface area (Å²) >= 11 is 0. The lowest BCUT2D eigenvalue weighted by atomic mass is 9.80. The van der Waals surface area contributed by atoms with Crippen LogP contribution in [0.5, 0.6) is 0 Å². The Kier molecular flexibility index (Phi) is 5.38. The quantitative estimate of drug-likeness (QED) is 0.636. The molecule has 3 aromatic rings. The van der Waals surface area contributed by atoms with Gasteiger partial charge in [0.15, 0.2) is 5.82 Å². The smallest absolute Gasteiger partial charge is 0.319 e. The first-order valence-corrected chi connectivity index (χ1v) is 10.9. The number of likely N-dealkylation sites (tertiary alicyclic amines) is 1. The highest BCUT2D eigenvalue weighted by Gasteiger charge is 2.57. The summed E-state index contributed by atoms with van der Waals surface area (Å²) in [6, 6.07) is 16.1. The van der Waals surface area contributed by atoms with Crippen molar-refractivity contribution in [2.24, 2.45) is 5.92 Å². The molecule has 32 heavy (non-hydrogen) atoms. The van der Waals surface area contributed by atoms with Gasteiger partial charge in [-0.25, -0.2) is 9.18 Å². The Morgan fingerprint density at radius 1 is 1.22 bits per heavy atom. The van der Waals surface area contributed by atoms with Crippen LogP contribution in [-0.2, 0) is 12.0 Å². The Morgan fingerprint density at radius 3 is 2.75 bits per heavy atom. The van der Waals surface area contributed by atoms with E-state index in [1.165, 1.54) is 11.6 Å². The summed E-state index contributed by atoms with van der Waals surface area (Å²) in [7, 11) is 0. The number of urea groups is 1. The standard InChI is InChI=1S/C24H26FN5O2/c1-16-26-22(32-29-16)24-12-19(27-23(31)28-21-10-6-5-9-20(21)25)11-18(24)14-30(15-24)13-17-7-3-2-4-8-17/h2-10,18-19H,11-15H2,1H3,(H2,27,28,31)/t18-,19+,24-/m0/s1. The molecule has 1 saturated carbocycles. The van der Waals surface area contributed by atoms with Crippen LogP contribution in [0.25, 0.3) is 0 Å². The highest BCUT2D eigenvalue weighted by atomic mass is 19.1. The number of carbonyl (C=O) groups excluding carboxylic acids is 1. The Hall–Kier alpha value is -3.26. The van der Waals surface area contributed by atoms with E-state index in [1.807, 2.05) is 13.0 Å². The normalized spacial score (nSPS) is 24.9. The van der Waals surface area contributed by atoms with Crippen molar-refractivity contribution in [1.29, 1.82) is 0 Å². The molecule has 1 saturated heterocycles. The molecule has 5 rings (SSSR count).